The van der Waals surface area contributed by atoms with Crippen molar-refractivity contribution in [3.63, 3.8) is 0 Å². The van der Waals surface area contributed by atoms with Crippen molar-refractivity contribution in [3.05, 3.63) is 53.4 Å². The van der Waals surface area contributed by atoms with Gasteiger partial charge in [0.2, 0.25) is 0 Å². The number of hydrogen-bond acceptors (Lipinski definition) is 3. The van der Waals surface area contributed by atoms with Crippen molar-refractivity contribution in [3.8, 4) is 17.6 Å². The summed E-state index contributed by atoms with van der Waals surface area (Å²) in [4.78, 5) is 3.30. The molecule has 0 spiro atoms. The van der Waals surface area contributed by atoms with Gasteiger partial charge in [-0.05, 0) is 18.2 Å². The molecule has 0 radical (unpaired) electrons. The summed E-state index contributed by atoms with van der Waals surface area (Å²) in [6, 6.07) is 4.31. The maximum atomic E-state index is 13.4. The van der Waals surface area contributed by atoms with E-state index in [9.17, 15) is 22.0 Å². The fraction of sp³-hybridized carbons (Fsp3) is 0.0769. The highest BCUT2D eigenvalue weighted by Gasteiger charge is 2.32. The van der Waals surface area contributed by atoms with Gasteiger partial charge in [-0.25, -0.2) is 13.8 Å². The second-order valence-corrected chi connectivity index (χ2v) is 3.86. The number of nitriles is 1. The van der Waals surface area contributed by atoms with Gasteiger partial charge < -0.3 is 4.74 Å². The van der Waals surface area contributed by atoms with Gasteiger partial charge in [-0.2, -0.15) is 18.4 Å². The van der Waals surface area contributed by atoms with Crippen LogP contribution in [-0.2, 0) is 6.18 Å². The van der Waals surface area contributed by atoms with Crippen LogP contribution in [0.2, 0.25) is 0 Å². The molecule has 0 saturated heterocycles. The van der Waals surface area contributed by atoms with Crippen molar-refractivity contribution in [2.45, 2.75) is 6.18 Å². The lowest BCUT2D eigenvalue weighted by molar-refractivity contribution is -0.137. The summed E-state index contributed by atoms with van der Waals surface area (Å²) in [6.45, 7) is 0. The van der Waals surface area contributed by atoms with E-state index < -0.39 is 40.6 Å². The van der Waals surface area contributed by atoms with E-state index in [1.807, 2.05) is 0 Å². The highest BCUT2D eigenvalue weighted by molar-refractivity contribution is 5.43. The lowest BCUT2D eigenvalue weighted by Gasteiger charge is -2.11. The molecule has 0 aliphatic carbocycles. The number of ether oxygens (including phenoxy) is 1. The highest BCUT2D eigenvalue weighted by atomic mass is 19.4. The Bertz CT molecular complexity index is 721. The van der Waals surface area contributed by atoms with Crippen molar-refractivity contribution >= 4 is 0 Å². The van der Waals surface area contributed by atoms with Crippen LogP contribution in [0, 0.1) is 23.0 Å². The summed E-state index contributed by atoms with van der Waals surface area (Å²) in [5.74, 6) is -3.08. The topological polar surface area (TPSA) is 45.9 Å². The highest BCUT2D eigenvalue weighted by Crippen LogP contribution is 2.34. The summed E-state index contributed by atoms with van der Waals surface area (Å²) in [6.07, 6.45) is -4.23. The van der Waals surface area contributed by atoms with E-state index in [4.69, 9.17) is 10.00 Å². The third kappa shape index (κ3) is 3.25. The lowest BCUT2D eigenvalue weighted by atomic mass is 10.2. The first-order valence-corrected chi connectivity index (χ1v) is 5.41. The molecule has 0 unspecified atom stereocenters. The molecule has 0 saturated carbocycles. The van der Waals surface area contributed by atoms with Crippen LogP contribution in [-0.4, -0.2) is 4.98 Å². The van der Waals surface area contributed by atoms with Gasteiger partial charge in [-0.1, -0.05) is 0 Å². The number of benzene rings is 1. The fourth-order valence-electron chi connectivity index (χ4n) is 1.44. The molecule has 0 aliphatic heterocycles. The Hall–Kier alpha value is -2.69. The van der Waals surface area contributed by atoms with E-state index in [0.29, 0.717) is 18.3 Å². The quantitative estimate of drug-likeness (QED) is 0.786. The number of nitrogens with zero attached hydrogens (tertiary/aromatic N) is 2. The molecule has 1 heterocycles. The minimum absolute atomic E-state index is 0.452. The van der Waals surface area contributed by atoms with Gasteiger partial charge in [-0.15, -0.1) is 0 Å². The minimum Gasteiger partial charge on any atom is -0.451 e. The van der Waals surface area contributed by atoms with Crippen LogP contribution in [0.15, 0.2) is 30.5 Å². The van der Waals surface area contributed by atoms with Crippen LogP contribution in [0.4, 0.5) is 22.0 Å². The van der Waals surface area contributed by atoms with Crippen molar-refractivity contribution in [1.82, 2.24) is 4.98 Å². The largest absolute Gasteiger partial charge is 0.451 e. The molecule has 2 rings (SSSR count). The maximum absolute atomic E-state index is 13.4. The first-order valence-electron chi connectivity index (χ1n) is 5.41. The molecule has 8 heteroatoms. The Morgan fingerprint density at radius 2 is 1.81 bits per heavy atom. The summed E-state index contributed by atoms with van der Waals surface area (Å²) >= 11 is 0. The Kier molecular flexibility index (Phi) is 3.76. The average molecular weight is 300 g/mol. The first-order chi connectivity index (χ1) is 9.81. The van der Waals surface area contributed by atoms with Gasteiger partial charge in [-0.3, -0.25) is 0 Å². The summed E-state index contributed by atoms with van der Waals surface area (Å²) in [5.41, 5.74) is -1.61. The van der Waals surface area contributed by atoms with Gasteiger partial charge in [0.1, 0.15) is 11.9 Å². The molecule has 0 aliphatic rings. The van der Waals surface area contributed by atoms with Crippen LogP contribution >= 0.6 is 0 Å². The van der Waals surface area contributed by atoms with Crippen LogP contribution in [0.25, 0.3) is 0 Å². The Labute approximate surface area is 115 Å². The number of rotatable bonds is 2. The van der Waals surface area contributed by atoms with Crippen LogP contribution < -0.4 is 4.74 Å². The van der Waals surface area contributed by atoms with E-state index in [1.54, 1.807) is 0 Å². The molecular weight excluding hydrogens is 295 g/mol. The number of aromatic nitrogens is 1. The zero-order valence-electron chi connectivity index (χ0n) is 10.1. The maximum Gasteiger partial charge on any atom is 0.418 e. The molecule has 108 valence electrons. The van der Waals surface area contributed by atoms with Crippen molar-refractivity contribution < 1.29 is 26.7 Å². The predicted octanol–water partition coefficient (Wildman–Crippen LogP) is 4.04. The third-order valence-electron chi connectivity index (χ3n) is 2.40. The monoisotopic (exact) mass is 300 g/mol. The Morgan fingerprint density at radius 1 is 1.10 bits per heavy atom. The molecular formula is C13H5F5N2O. The normalized spacial score (nSPS) is 11.0. The third-order valence-corrected chi connectivity index (χ3v) is 2.40. The summed E-state index contributed by atoms with van der Waals surface area (Å²) in [7, 11) is 0. The van der Waals surface area contributed by atoms with Gasteiger partial charge in [0, 0.05) is 12.3 Å². The zero-order chi connectivity index (χ0) is 15.6. The molecule has 1 aromatic heterocycles. The minimum atomic E-state index is -4.69. The molecule has 0 amide bonds. The second kappa shape index (κ2) is 5.36. The van der Waals surface area contributed by atoms with Crippen molar-refractivity contribution in [2.24, 2.45) is 0 Å². The molecule has 3 nitrogen and oxygen atoms in total. The summed E-state index contributed by atoms with van der Waals surface area (Å²) < 4.78 is 68.8. The predicted molar refractivity (Wildman–Crippen MR) is 60.4 cm³/mol. The van der Waals surface area contributed by atoms with Gasteiger partial charge >= 0.3 is 6.18 Å². The van der Waals surface area contributed by atoms with Crippen LogP contribution in [0.3, 0.4) is 0 Å². The Morgan fingerprint density at radius 3 is 2.38 bits per heavy atom. The smallest absolute Gasteiger partial charge is 0.418 e. The number of halogens is 5. The van der Waals surface area contributed by atoms with Crippen LogP contribution in [0.5, 0.6) is 11.5 Å². The first kappa shape index (κ1) is 14.7. The number of hydrogen-bond donors (Lipinski definition) is 0. The second-order valence-electron chi connectivity index (χ2n) is 3.86. The van der Waals surface area contributed by atoms with E-state index in [1.165, 1.54) is 6.07 Å². The fourth-order valence-corrected chi connectivity index (χ4v) is 1.44. The Balaban J connectivity index is 2.45. The molecule has 0 fully saturated rings. The molecule has 1 aromatic carbocycles. The summed E-state index contributed by atoms with van der Waals surface area (Å²) in [5, 5.41) is 8.78. The molecule has 2 aromatic rings. The van der Waals surface area contributed by atoms with Crippen LogP contribution in [0.1, 0.15) is 11.3 Å². The SMILES string of the molecule is N#Cc1ncc(C(F)(F)F)cc1Oc1ccc(F)cc1F. The lowest BCUT2D eigenvalue weighted by Crippen LogP contribution is -2.07. The van der Waals surface area contributed by atoms with Crippen molar-refractivity contribution in [2.75, 3.05) is 0 Å². The van der Waals surface area contributed by atoms with E-state index in [2.05, 4.69) is 4.98 Å². The number of pyridine rings is 1. The number of alkyl halides is 3. The van der Waals surface area contributed by atoms with E-state index in [-0.39, 0.29) is 0 Å². The van der Waals surface area contributed by atoms with Gasteiger partial charge in [0.05, 0.1) is 5.56 Å². The van der Waals surface area contributed by atoms with Crippen molar-refractivity contribution in [1.29, 1.82) is 5.26 Å². The standard InChI is InChI=1S/C13H5F5N2O/c14-8-1-2-11(9(15)4-8)21-12-3-7(13(16,17)18)6-20-10(12)5-19/h1-4,6H. The van der Waals surface area contributed by atoms with Gasteiger partial charge in [0.25, 0.3) is 0 Å². The molecule has 0 bridgehead atoms. The zero-order valence-corrected chi connectivity index (χ0v) is 10.1. The molecule has 0 N–H and O–H groups in total. The van der Waals surface area contributed by atoms with Gasteiger partial charge in [0.15, 0.2) is 23.0 Å². The molecule has 21 heavy (non-hydrogen) atoms. The average Bonchev–Trinajstić information content (AvgIpc) is 2.41. The van der Waals surface area contributed by atoms with E-state index >= 15 is 0 Å². The molecule has 0 atom stereocenters. The van der Waals surface area contributed by atoms with E-state index in [0.717, 1.165) is 12.1 Å².